The van der Waals surface area contributed by atoms with Crippen LogP contribution in [0.1, 0.15) is 84.9 Å². The van der Waals surface area contributed by atoms with Crippen molar-refractivity contribution in [3.8, 4) is 5.75 Å². The number of carbonyl (C=O) groups is 8. The maximum atomic E-state index is 14.5. The number of rotatable bonds is 26. The molecule has 8 unspecified atom stereocenters. The van der Waals surface area contributed by atoms with Gasteiger partial charge < -0.3 is 63.3 Å². The molecule has 0 spiro atoms. The van der Waals surface area contributed by atoms with Crippen molar-refractivity contribution in [2.45, 2.75) is 129 Å². The van der Waals surface area contributed by atoms with Gasteiger partial charge in [-0.3, -0.25) is 43.3 Å². The van der Waals surface area contributed by atoms with Gasteiger partial charge in [0.2, 0.25) is 41.4 Å². The Balaban J connectivity index is 1.92. The molecule has 370 valence electrons. The van der Waals surface area contributed by atoms with Gasteiger partial charge in [0.25, 0.3) is 0 Å². The molecule has 22 heteroatoms. The average molecular weight is 938 g/mol. The molecule has 1 aromatic carbocycles. The zero-order valence-electron chi connectivity index (χ0n) is 39.9. The van der Waals surface area contributed by atoms with Crippen molar-refractivity contribution in [1.82, 2.24) is 51.7 Å². The van der Waals surface area contributed by atoms with Crippen LogP contribution in [0.15, 0.2) is 41.8 Å². The Morgan fingerprint density at radius 1 is 0.851 bits per heavy atom. The minimum Gasteiger partial charge on any atom is -0.508 e. The Hall–Kier alpha value is -6.58. The van der Waals surface area contributed by atoms with E-state index in [4.69, 9.17) is 11.5 Å². The van der Waals surface area contributed by atoms with Crippen LogP contribution in [0.4, 0.5) is 0 Å². The summed E-state index contributed by atoms with van der Waals surface area (Å²) in [5.74, 6) is -5.69. The molecule has 1 aromatic heterocycles. The van der Waals surface area contributed by atoms with Crippen LogP contribution in [0, 0.1) is 11.8 Å². The molecule has 7 amide bonds. The first-order chi connectivity index (χ1) is 31.6. The van der Waals surface area contributed by atoms with E-state index in [2.05, 4.69) is 46.9 Å². The summed E-state index contributed by atoms with van der Waals surface area (Å²) in [4.78, 5) is 123. The summed E-state index contributed by atoms with van der Waals surface area (Å²) in [6.07, 6.45) is 4.54. The zero-order chi connectivity index (χ0) is 50.0. The van der Waals surface area contributed by atoms with E-state index < -0.39 is 95.5 Å². The number of nitrogens with one attached hydrogen (secondary N) is 7. The third kappa shape index (κ3) is 17.6. The molecule has 67 heavy (non-hydrogen) atoms. The monoisotopic (exact) mass is 938 g/mol. The number of aromatic hydroxyl groups is 1. The maximum Gasteiger partial charge on any atom is 0.246 e. The molecule has 0 aliphatic carbocycles. The fraction of sp³-hybridized carbons (Fsp3) is 0.600. The largest absolute Gasteiger partial charge is 0.508 e. The fourth-order valence-corrected chi connectivity index (χ4v) is 7.37. The molecule has 22 nitrogen and oxygen atoms in total. The van der Waals surface area contributed by atoms with Gasteiger partial charge in [-0.15, -0.1) is 0 Å². The van der Waals surface area contributed by atoms with Gasteiger partial charge in [-0.2, -0.15) is 0 Å². The maximum absolute atomic E-state index is 14.5. The van der Waals surface area contributed by atoms with Crippen LogP contribution in [0.5, 0.6) is 5.75 Å². The second-order valence-electron chi connectivity index (χ2n) is 17.7. The Kier molecular flexibility index (Phi) is 21.7. The Bertz CT molecular complexity index is 2020. The number of benzene rings is 1. The molecule has 1 aliphatic heterocycles. The number of nitrogens with two attached hydrogens (primary N) is 2. The molecule has 0 bridgehead atoms. The topological polar surface area (TPSA) is 329 Å². The number of carbonyl (C=O) groups excluding carboxylic acids is 8. The predicted molar refractivity (Wildman–Crippen MR) is 250 cm³/mol. The number of aromatic amines is 1. The first-order valence-electron chi connectivity index (χ1n) is 22.7. The second kappa shape index (κ2) is 26.5. The van der Waals surface area contributed by atoms with Crippen molar-refractivity contribution in [2.75, 3.05) is 33.7 Å². The van der Waals surface area contributed by atoms with Crippen molar-refractivity contribution in [3.05, 3.63) is 48.0 Å². The normalized spacial score (nSPS) is 16.6. The quantitative estimate of drug-likeness (QED) is 0.0299. The molecular formula is C45H71N13O9. The molecule has 12 N–H and O–H groups in total. The van der Waals surface area contributed by atoms with Gasteiger partial charge >= 0.3 is 0 Å². The third-order valence-corrected chi connectivity index (χ3v) is 11.5. The number of aliphatic imine (C=N–C) groups is 1. The lowest BCUT2D eigenvalue weighted by atomic mass is 9.96. The molecule has 8 atom stereocenters. The van der Waals surface area contributed by atoms with E-state index >= 15 is 0 Å². The smallest absolute Gasteiger partial charge is 0.246 e. The molecule has 0 saturated carbocycles. The first kappa shape index (κ1) is 54.8. The van der Waals surface area contributed by atoms with Crippen molar-refractivity contribution in [3.63, 3.8) is 0 Å². The first-order valence-corrected chi connectivity index (χ1v) is 22.7. The fourth-order valence-electron chi connectivity index (χ4n) is 7.37. The Morgan fingerprint density at radius 3 is 2.06 bits per heavy atom. The van der Waals surface area contributed by atoms with Crippen LogP contribution in [0.2, 0.25) is 0 Å². The number of nitrogens with zero attached hydrogens (tertiary/aromatic N) is 4. The number of hydrogen-bond donors (Lipinski definition) is 10. The third-order valence-electron chi connectivity index (χ3n) is 11.5. The molecular weight excluding hydrogens is 867 g/mol. The summed E-state index contributed by atoms with van der Waals surface area (Å²) >= 11 is 0. The number of likely N-dealkylation sites (tertiary alicyclic amines) is 1. The van der Waals surface area contributed by atoms with E-state index in [1.165, 1.54) is 36.5 Å². The van der Waals surface area contributed by atoms with Gasteiger partial charge in [-0.1, -0.05) is 46.2 Å². The molecule has 1 saturated heterocycles. The number of amides is 7. The average Bonchev–Trinajstić information content (AvgIpc) is 3.98. The standard InChI is InChI=1S/C45H71N13O9/c1-9-26(4)38(43(66)54-34(21-30-22-48-24-50-30)44(67)58-19-11-13-35(58)41(64)51-27(5)28(6)59)56-40(63)33(20-29-14-16-31(60)17-15-29)53-42(65)37(25(2)3)55-39(62)32(12-10-18-49-45(46)47)52-36(61)23-57(7)8/h14-17,22,24-27,32-35,37-38,60H,9-13,18-21,23H2,1-8H3,(H,48,50)(H,51,64)(H,52,61)(H,53,65)(H,54,66)(H,55,62)(H,56,63)(H4,46,47,49). The highest BCUT2D eigenvalue weighted by Gasteiger charge is 2.40. The van der Waals surface area contributed by atoms with E-state index in [1.54, 1.807) is 58.8 Å². The lowest BCUT2D eigenvalue weighted by molar-refractivity contribution is -0.142. The van der Waals surface area contributed by atoms with Crippen molar-refractivity contribution in [2.24, 2.45) is 28.3 Å². The highest BCUT2D eigenvalue weighted by atomic mass is 16.3. The second-order valence-corrected chi connectivity index (χ2v) is 17.7. The zero-order valence-corrected chi connectivity index (χ0v) is 39.9. The van der Waals surface area contributed by atoms with Gasteiger partial charge in [-0.05, 0) is 83.2 Å². The summed E-state index contributed by atoms with van der Waals surface area (Å²) < 4.78 is 0. The predicted octanol–water partition coefficient (Wildman–Crippen LogP) is -1.27. The van der Waals surface area contributed by atoms with Crippen LogP contribution < -0.4 is 43.4 Å². The summed E-state index contributed by atoms with van der Waals surface area (Å²) in [5, 5.41) is 26.5. The molecule has 3 rings (SSSR count). The van der Waals surface area contributed by atoms with Gasteiger partial charge in [-0.25, -0.2) is 4.98 Å². The minimum atomic E-state index is -1.33. The molecule has 1 aliphatic rings. The van der Waals surface area contributed by atoms with E-state index in [1.807, 2.05) is 6.92 Å². The number of Topliss-reactive ketones (excluding diaryl/α,β-unsaturated/α-hetero) is 1. The lowest BCUT2D eigenvalue weighted by Crippen LogP contribution is -2.62. The van der Waals surface area contributed by atoms with E-state index in [0.717, 1.165) is 0 Å². The van der Waals surface area contributed by atoms with Crippen molar-refractivity contribution < 1.29 is 43.5 Å². The van der Waals surface area contributed by atoms with E-state index in [9.17, 15) is 43.5 Å². The van der Waals surface area contributed by atoms with Crippen LogP contribution in [0.3, 0.4) is 0 Å². The van der Waals surface area contributed by atoms with Crippen molar-refractivity contribution >= 4 is 53.1 Å². The molecule has 2 heterocycles. The summed E-state index contributed by atoms with van der Waals surface area (Å²) in [6.45, 7) is 10.3. The van der Waals surface area contributed by atoms with Crippen LogP contribution in [-0.2, 0) is 51.2 Å². The number of guanidine groups is 1. The molecule has 1 fully saturated rings. The van der Waals surface area contributed by atoms with Crippen LogP contribution >= 0.6 is 0 Å². The van der Waals surface area contributed by atoms with E-state index in [0.29, 0.717) is 36.9 Å². The SMILES string of the molecule is CCC(C)C(NC(=O)C(Cc1ccc(O)cc1)NC(=O)C(NC(=O)C(CCCN=C(N)N)NC(=O)CN(C)C)C(C)C)C(=O)NC(Cc1cnc[nH]1)C(=O)N1CCCC1C(=O)NC(C)C(C)=O. The Morgan fingerprint density at radius 2 is 1.48 bits per heavy atom. The van der Waals surface area contributed by atoms with Gasteiger partial charge in [0.15, 0.2) is 11.7 Å². The number of phenols is 1. The summed E-state index contributed by atoms with van der Waals surface area (Å²) in [6, 6.07) is -1.67. The van der Waals surface area contributed by atoms with Gasteiger partial charge in [0, 0.05) is 37.8 Å². The van der Waals surface area contributed by atoms with E-state index in [-0.39, 0.29) is 56.4 Å². The number of H-pyrrole nitrogens is 1. The molecule has 0 radical (unpaired) electrons. The van der Waals surface area contributed by atoms with Crippen molar-refractivity contribution in [1.29, 1.82) is 0 Å². The number of aromatic nitrogens is 2. The summed E-state index contributed by atoms with van der Waals surface area (Å²) in [7, 11) is 3.40. The van der Waals surface area contributed by atoms with Crippen LogP contribution in [0.25, 0.3) is 0 Å². The number of hydrogen-bond acceptors (Lipinski definition) is 12. The number of phenolic OH excluding ortho intramolecular Hbond substituents is 1. The Labute approximate surface area is 392 Å². The molecule has 2 aromatic rings. The highest BCUT2D eigenvalue weighted by molar-refractivity contribution is 5.98. The lowest BCUT2D eigenvalue weighted by Gasteiger charge is -2.32. The van der Waals surface area contributed by atoms with Crippen LogP contribution in [-0.4, -0.2) is 154 Å². The minimum absolute atomic E-state index is 0.00306. The highest BCUT2D eigenvalue weighted by Crippen LogP contribution is 2.21. The van der Waals surface area contributed by atoms with Gasteiger partial charge in [0.05, 0.1) is 18.9 Å². The van der Waals surface area contributed by atoms with Gasteiger partial charge in [0.1, 0.15) is 42.0 Å². The number of ketones is 1. The summed E-state index contributed by atoms with van der Waals surface area (Å²) in [5.41, 5.74) is 12.0. The number of imidazole rings is 1. The number of likely N-dealkylation sites (N-methyl/N-ethyl adjacent to an activating group) is 1.